The summed E-state index contributed by atoms with van der Waals surface area (Å²) in [7, 11) is 1.88. The van der Waals surface area contributed by atoms with Crippen LogP contribution in [0.3, 0.4) is 0 Å². The highest BCUT2D eigenvalue weighted by Crippen LogP contribution is 2.16. The van der Waals surface area contributed by atoms with Crippen LogP contribution >= 0.6 is 0 Å². The molecule has 1 aliphatic heterocycles. The van der Waals surface area contributed by atoms with Crippen molar-refractivity contribution in [1.82, 2.24) is 5.32 Å². The highest BCUT2D eigenvalue weighted by atomic mass is 16.5. The van der Waals surface area contributed by atoms with E-state index in [2.05, 4.69) is 10.6 Å². The summed E-state index contributed by atoms with van der Waals surface area (Å²) in [6, 6.07) is 5.71. The van der Waals surface area contributed by atoms with Gasteiger partial charge in [-0.15, -0.1) is 0 Å². The molecular weight excluding hydrogens is 252 g/mol. The Morgan fingerprint density at radius 2 is 2.25 bits per heavy atom. The van der Waals surface area contributed by atoms with E-state index >= 15 is 0 Å². The molecule has 0 aromatic heterocycles. The van der Waals surface area contributed by atoms with Gasteiger partial charge < -0.3 is 15.4 Å². The molecule has 1 heterocycles. The number of benzene rings is 1. The zero-order chi connectivity index (χ0) is 14.4. The number of nitrogens with one attached hydrogen (secondary N) is 2. The lowest BCUT2D eigenvalue weighted by Gasteiger charge is -2.22. The third-order valence-corrected chi connectivity index (χ3v) is 3.78. The lowest BCUT2D eigenvalue weighted by molar-refractivity contribution is 0.0117. The lowest BCUT2D eigenvalue weighted by atomic mass is 10.1. The van der Waals surface area contributed by atoms with Crippen LogP contribution in [0.25, 0.3) is 0 Å². The number of anilines is 1. The first-order valence-corrected chi connectivity index (χ1v) is 7.39. The molecule has 1 fully saturated rings. The van der Waals surface area contributed by atoms with Gasteiger partial charge in [0, 0.05) is 31.5 Å². The first-order valence-electron chi connectivity index (χ1n) is 7.39. The van der Waals surface area contributed by atoms with E-state index in [1.165, 1.54) is 12.8 Å². The van der Waals surface area contributed by atoms with Crippen LogP contribution in [0.1, 0.15) is 41.6 Å². The number of rotatable bonds is 5. The molecule has 1 aromatic carbocycles. The molecule has 0 radical (unpaired) electrons. The van der Waals surface area contributed by atoms with Gasteiger partial charge in [-0.2, -0.15) is 0 Å². The van der Waals surface area contributed by atoms with Crippen LogP contribution in [-0.2, 0) is 4.74 Å². The van der Waals surface area contributed by atoms with Crippen LogP contribution in [0.5, 0.6) is 0 Å². The van der Waals surface area contributed by atoms with Crippen LogP contribution in [0, 0.1) is 6.92 Å². The summed E-state index contributed by atoms with van der Waals surface area (Å²) in [6.45, 7) is 3.54. The average molecular weight is 276 g/mol. The Morgan fingerprint density at radius 3 is 2.90 bits per heavy atom. The van der Waals surface area contributed by atoms with Gasteiger partial charge >= 0.3 is 0 Å². The summed E-state index contributed by atoms with van der Waals surface area (Å²) in [6.07, 6.45) is 4.74. The number of carbonyl (C=O) groups is 1. The second-order valence-corrected chi connectivity index (χ2v) is 5.31. The third kappa shape index (κ3) is 3.97. The molecule has 4 heteroatoms. The molecule has 1 unspecified atom stereocenters. The average Bonchev–Trinajstić information content (AvgIpc) is 2.48. The van der Waals surface area contributed by atoms with Crippen molar-refractivity contribution in [2.75, 3.05) is 25.5 Å². The lowest BCUT2D eigenvalue weighted by Crippen LogP contribution is -2.29. The Morgan fingerprint density at radius 1 is 1.40 bits per heavy atom. The summed E-state index contributed by atoms with van der Waals surface area (Å²) in [5.74, 6) is -0.00781. The summed E-state index contributed by atoms with van der Waals surface area (Å²) in [5, 5.41) is 6.07. The van der Waals surface area contributed by atoms with E-state index in [1.54, 1.807) is 0 Å². The van der Waals surface area contributed by atoms with Crippen LogP contribution in [-0.4, -0.2) is 32.2 Å². The maximum absolute atomic E-state index is 12.1. The maximum Gasteiger partial charge on any atom is 0.251 e. The van der Waals surface area contributed by atoms with E-state index in [1.807, 2.05) is 32.2 Å². The van der Waals surface area contributed by atoms with Crippen molar-refractivity contribution in [3.8, 4) is 0 Å². The zero-order valence-electron chi connectivity index (χ0n) is 12.4. The molecule has 2 rings (SSSR count). The molecule has 1 aromatic rings. The number of amides is 1. The van der Waals surface area contributed by atoms with E-state index in [4.69, 9.17) is 4.74 Å². The summed E-state index contributed by atoms with van der Waals surface area (Å²) >= 11 is 0. The Bertz CT molecular complexity index is 454. The van der Waals surface area contributed by atoms with Gasteiger partial charge in [-0.05, 0) is 56.4 Å². The SMILES string of the molecule is CNc1ccc(C(=O)NCCC2CCCCO2)cc1C. The van der Waals surface area contributed by atoms with Crippen LogP contribution in [0.15, 0.2) is 18.2 Å². The molecule has 1 atom stereocenters. The maximum atomic E-state index is 12.1. The largest absolute Gasteiger partial charge is 0.388 e. The van der Waals surface area contributed by atoms with Gasteiger partial charge in [-0.3, -0.25) is 4.79 Å². The van der Waals surface area contributed by atoms with E-state index in [0.29, 0.717) is 18.2 Å². The van der Waals surface area contributed by atoms with Crippen LogP contribution in [0.2, 0.25) is 0 Å². The minimum absolute atomic E-state index is 0.00781. The molecule has 1 amide bonds. The molecule has 0 spiro atoms. The van der Waals surface area contributed by atoms with E-state index in [-0.39, 0.29) is 5.91 Å². The Labute approximate surface area is 120 Å². The summed E-state index contributed by atoms with van der Waals surface area (Å²) < 4.78 is 5.66. The van der Waals surface area contributed by atoms with Gasteiger partial charge in [-0.25, -0.2) is 0 Å². The zero-order valence-corrected chi connectivity index (χ0v) is 12.4. The first kappa shape index (κ1) is 14.9. The second-order valence-electron chi connectivity index (χ2n) is 5.31. The van der Waals surface area contributed by atoms with E-state index < -0.39 is 0 Å². The molecule has 1 saturated heterocycles. The van der Waals surface area contributed by atoms with Crippen molar-refractivity contribution in [2.45, 2.75) is 38.7 Å². The predicted octanol–water partition coefficient (Wildman–Crippen LogP) is 2.73. The van der Waals surface area contributed by atoms with Gasteiger partial charge in [0.15, 0.2) is 0 Å². The van der Waals surface area contributed by atoms with Gasteiger partial charge in [0.05, 0.1) is 6.10 Å². The predicted molar refractivity (Wildman–Crippen MR) is 81.3 cm³/mol. The molecule has 0 bridgehead atoms. The highest BCUT2D eigenvalue weighted by Gasteiger charge is 2.14. The first-order chi connectivity index (χ1) is 9.70. The van der Waals surface area contributed by atoms with Crippen LogP contribution < -0.4 is 10.6 Å². The number of hydrogen-bond donors (Lipinski definition) is 2. The topological polar surface area (TPSA) is 50.4 Å². The Kier molecular flexibility index (Phi) is 5.41. The van der Waals surface area contributed by atoms with Gasteiger partial charge in [0.1, 0.15) is 0 Å². The number of hydrogen-bond acceptors (Lipinski definition) is 3. The minimum Gasteiger partial charge on any atom is -0.388 e. The van der Waals surface area contributed by atoms with E-state index in [9.17, 15) is 4.79 Å². The van der Waals surface area contributed by atoms with Crippen molar-refractivity contribution in [2.24, 2.45) is 0 Å². The Balaban J connectivity index is 1.80. The fourth-order valence-corrected chi connectivity index (χ4v) is 2.57. The normalized spacial score (nSPS) is 18.6. The van der Waals surface area contributed by atoms with Gasteiger partial charge in [0.25, 0.3) is 5.91 Å². The summed E-state index contributed by atoms with van der Waals surface area (Å²) in [5.41, 5.74) is 2.85. The molecule has 110 valence electrons. The Hall–Kier alpha value is -1.55. The standard InChI is InChI=1S/C16H24N2O2/c1-12-11-13(6-7-15(12)17-2)16(19)18-9-8-14-5-3-4-10-20-14/h6-7,11,14,17H,3-5,8-10H2,1-2H3,(H,18,19). The number of aryl methyl sites for hydroxylation is 1. The van der Waals surface area contributed by atoms with Gasteiger partial charge in [0.2, 0.25) is 0 Å². The monoisotopic (exact) mass is 276 g/mol. The highest BCUT2D eigenvalue weighted by molar-refractivity contribution is 5.94. The molecule has 20 heavy (non-hydrogen) atoms. The van der Waals surface area contributed by atoms with Gasteiger partial charge in [-0.1, -0.05) is 0 Å². The molecule has 1 aliphatic rings. The minimum atomic E-state index is -0.00781. The van der Waals surface area contributed by atoms with Crippen LogP contribution in [0.4, 0.5) is 5.69 Å². The third-order valence-electron chi connectivity index (χ3n) is 3.78. The van der Waals surface area contributed by atoms with Crippen molar-refractivity contribution in [3.05, 3.63) is 29.3 Å². The number of ether oxygens (including phenoxy) is 1. The molecular formula is C16H24N2O2. The smallest absolute Gasteiger partial charge is 0.251 e. The number of carbonyl (C=O) groups excluding carboxylic acids is 1. The van der Waals surface area contributed by atoms with Crippen molar-refractivity contribution < 1.29 is 9.53 Å². The summed E-state index contributed by atoms with van der Waals surface area (Å²) in [4.78, 5) is 12.1. The van der Waals surface area contributed by atoms with E-state index in [0.717, 1.165) is 30.7 Å². The van der Waals surface area contributed by atoms with Crippen molar-refractivity contribution >= 4 is 11.6 Å². The fraction of sp³-hybridized carbons (Fsp3) is 0.562. The van der Waals surface area contributed by atoms with Crippen molar-refractivity contribution in [3.63, 3.8) is 0 Å². The molecule has 0 aliphatic carbocycles. The molecule has 4 nitrogen and oxygen atoms in total. The quantitative estimate of drug-likeness (QED) is 0.869. The molecule has 2 N–H and O–H groups in total. The van der Waals surface area contributed by atoms with Crippen molar-refractivity contribution in [1.29, 1.82) is 0 Å². The second kappa shape index (κ2) is 7.29. The molecule has 0 saturated carbocycles. The fourth-order valence-electron chi connectivity index (χ4n) is 2.57.